The zero-order valence-electron chi connectivity index (χ0n) is 30.3. The third kappa shape index (κ3) is 4.94. The molecule has 0 aliphatic rings. The lowest BCUT2D eigenvalue weighted by Gasteiger charge is -2.25. The van der Waals surface area contributed by atoms with Crippen LogP contribution in [0, 0.1) is 41.5 Å². The molecule has 0 atom stereocenters. The first kappa shape index (κ1) is 31.2. The van der Waals surface area contributed by atoms with Gasteiger partial charge in [0.2, 0.25) is 6.71 Å². The normalized spacial score (nSPS) is 11.7. The molecule has 9 rings (SSSR count). The molecule has 0 fully saturated rings. The van der Waals surface area contributed by atoms with Crippen molar-refractivity contribution in [2.75, 3.05) is 0 Å². The molecule has 51 heavy (non-hydrogen) atoms. The molecule has 0 unspecified atom stereocenters. The van der Waals surface area contributed by atoms with Gasteiger partial charge < -0.3 is 9.13 Å². The van der Waals surface area contributed by atoms with Gasteiger partial charge in [-0.15, -0.1) is 0 Å². The van der Waals surface area contributed by atoms with Crippen LogP contribution in [0.2, 0.25) is 0 Å². The molecule has 2 nitrogen and oxygen atoms in total. The van der Waals surface area contributed by atoms with Crippen LogP contribution in [0.25, 0.3) is 55.0 Å². The Hall–Kier alpha value is -5.80. The van der Waals surface area contributed by atoms with Crippen LogP contribution in [0.5, 0.6) is 0 Å². The fraction of sp³-hybridized carbons (Fsp3) is 0.125. The summed E-state index contributed by atoms with van der Waals surface area (Å²) in [6.45, 7) is 13.7. The van der Waals surface area contributed by atoms with Crippen LogP contribution >= 0.6 is 0 Å². The lowest BCUT2D eigenvalue weighted by Crippen LogP contribution is -2.55. The molecule has 0 aliphatic heterocycles. The predicted octanol–water partition coefficient (Wildman–Crippen LogP) is 10.2. The molecular formula is C48H41BN2. The van der Waals surface area contributed by atoms with E-state index in [1.165, 1.54) is 105 Å². The van der Waals surface area contributed by atoms with Gasteiger partial charge in [0.1, 0.15) is 0 Å². The second kappa shape index (κ2) is 11.9. The van der Waals surface area contributed by atoms with Crippen molar-refractivity contribution in [3.8, 4) is 11.4 Å². The van der Waals surface area contributed by atoms with Crippen molar-refractivity contribution in [3.05, 3.63) is 173 Å². The maximum Gasteiger partial charge on any atom is 0.242 e. The van der Waals surface area contributed by atoms with Crippen LogP contribution in [0.1, 0.15) is 33.4 Å². The van der Waals surface area contributed by atoms with E-state index in [2.05, 4.69) is 190 Å². The first-order valence-corrected chi connectivity index (χ1v) is 18.1. The Morgan fingerprint density at radius 2 is 0.745 bits per heavy atom. The largest absolute Gasteiger partial charge is 0.309 e. The van der Waals surface area contributed by atoms with Crippen LogP contribution < -0.4 is 16.4 Å². The zero-order chi connectivity index (χ0) is 35.0. The fourth-order valence-corrected chi connectivity index (χ4v) is 9.15. The monoisotopic (exact) mass is 656 g/mol. The van der Waals surface area contributed by atoms with E-state index < -0.39 is 0 Å². The number of aromatic nitrogens is 2. The van der Waals surface area contributed by atoms with Crippen LogP contribution in [0.15, 0.2) is 140 Å². The molecular weight excluding hydrogens is 615 g/mol. The van der Waals surface area contributed by atoms with E-state index in [0.717, 1.165) is 0 Å². The van der Waals surface area contributed by atoms with E-state index in [0.29, 0.717) is 0 Å². The molecule has 2 heterocycles. The number of benzene rings is 7. The third-order valence-electron chi connectivity index (χ3n) is 11.0. The quantitative estimate of drug-likeness (QED) is 0.163. The Labute approximate surface area is 300 Å². The van der Waals surface area contributed by atoms with Crippen LogP contribution in [0.4, 0.5) is 0 Å². The SMILES string of the molecule is Cc1cc(C)c(B(c2ccc(-n3c4ccccc4c4cc5c(cc43)c3ccccc3n5-c3ccccc3)cc2)c2c(C)cc(C)cc2C)c(C)c1. The standard InChI is InChI=1S/C48H41BN2/c1-30-24-32(3)47(33(4)25-30)49(48-34(5)26-31(2)27-35(48)6)36-20-22-38(23-21-36)51-44-19-13-11-17-40(44)42-28-45-41(29-46(42)51)39-16-10-12-18-43(39)50(45)37-14-8-7-9-15-37/h7-29H,1-6H3. The summed E-state index contributed by atoms with van der Waals surface area (Å²) in [7, 11) is 0. The Bertz CT molecular complexity index is 2700. The van der Waals surface area contributed by atoms with Gasteiger partial charge in [-0.3, -0.25) is 0 Å². The summed E-state index contributed by atoms with van der Waals surface area (Å²) in [5, 5.41) is 5.05. The Kier molecular flexibility index (Phi) is 7.29. The van der Waals surface area contributed by atoms with Crippen LogP contribution in [-0.2, 0) is 0 Å². The molecule has 3 heteroatoms. The van der Waals surface area contributed by atoms with E-state index in [-0.39, 0.29) is 6.71 Å². The van der Waals surface area contributed by atoms with Gasteiger partial charge in [-0.05, 0) is 90.1 Å². The van der Waals surface area contributed by atoms with Gasteiger partial charge in [0.25, 0.3) is 0 Å². The zero-order valence-corrected chi connectivity index (χ0v) is 30.3. The first-order chi connectivity index (χ1) is 24.8. The number of nitrogens with zero attached hydrogens (tertiary/aromatic N) is 2. The molecule has 0 spiro atoms. The smallest absolute Gasteiger partial charge is 0.242 e. The summed E-state index contributed by atoms with van der Waals surface area (Å²) < 4.78 is 4.87. The van der Waals surface area contributed by atoms with Crippen molar-refractivity contribution in [1.29, 1.82) is 0 Å². The van der Waals surface area contributed by atoms with Crippen LogP contribution in [-0.4, -0.2) is 15.8 Å². The molecule has 0 radical (unpaired) electrons. The molecule has 0 N–H and O–H groups in total. The topological polar surface area (TPSA) is 9.86 Å². The Morgan fingerprint density at radius 3 is 1.20 bits per heavy atom. The summed E-state index contributed by atoms with van der Waals surface area (Å²) in [4.78, 5) is 0. The molecule has 0 aliphatic carbocycles. The Morgan fingerprint density at radius 1 is 0.353 bits per heavy atom. The van der Waals surface area contributed by atoms with Gasteiger partial charge in [0.15, 0.2) is 0 Å². The average Bonchev–Trinajstić information content (AvgIpc) is 3.62. The number of fused-ring (bicyclic) bond motifs is 6. The highest BCUT2D eigenvalue weighted by Crippen LogP contribution is 2.39. The second-order valence-electron chi connectivity index (χ2n) is 14.6. The minimum atomic E-state index is 0.141. The Balaban J connectivity index is 1.28. The molecule has 9 aromatic rings. The number of aryl methyl sites for hydroxylation is 6. The highest BCUT2D eigenvalue weighted by Gasteiger charge is 2.28. The van der Waals surface area contributed by atoms with Gasteiger partial charge in [0.05, 0.1) is 22.1 Å². The number of rotatable bonds is 5. The maximum atomic E-state index is 2.46. The molecule has 0 saturated carbocycles. The number of hydrogen-bond acceptors (Lipinski definition) is 0. The highest BCUT2D eigenvalue weighted by atomic mass is 15.0. The predicted molar refractivity (Wildman–Crippen MR) is 221 cm³/mol. The minimum Gasteiger partial charge on any atom is -0.309 e. The second-order valence-corrected chi connectivity index (χ2v) is 14.6. The van der Waals surface area contributed by atoms with Crippen molar-refractivity contribution in [2.45, 2.75) is 41.5 Å². The van der Waals surface area contributed by atoms with Gasteiger partial charge >= 0.3 is 0 Å². The lowest BCUT2D eigenvalue weighted by atomic mass is 9.34. The maximum absolute atomic E-state index is 2.46. The van der Waals surface area contributed by atoms with E-state index >= 15 is 0 Å². The average molecular weight is 657 g/mol. The summed E-state index contributed by atoms with van der Waals surface area (Å²) in [5.74, 6) is 0. The van der Waals surface area contributed by atoms with E-state index in [9.17, 15) is 0 Å². The summed E-state index contributed by atoms with van der Waals surface area (Å²) >= 11 is 0. The minimum absolute atomic E-state index is 0.141. The lowest BCUT2D eigenvalue weighted by molar-refractivity contribution is 1.18. The summed E-state index contributed by atoms with van der Waals surface area (Å²) in [6.07, 6.45) is 0. The van der Waals surface area contributed by atoms with Gasteiger partial charge in [-0.1, -0.05) is 141 Å². The number of para-hydroxylation sites is 3. The first-order valence-electron chi connectivity index (χ1n) is 18.1. The van der Waals surface area contributed by atoms with Gasteiger partial charge in [-0.25, -0.2) is 0 Å². The molecule has 0 amide bonds. The molecule has 2 aromatic heterocycles. The van der Waals surface area contributed by atoms with E-state index in [1.807, 2.05) is 0 Å². The highest BCUT2D eigenvalue weighted by molar-refractivity contribution is 6.96. The summed E-state index contributed by atoms with van der Waals surface area (Å²) in [5.41, 5.74) is 19.4. The number of hydrogen-bond donors (Lipinski definition) is 0. The fourth-order valence-electron chi connectivity index (χ4n) is 9.15. The van der Waals surface area contributed by atoms with Gasteiger partial charge in [-0.2, -0.15) is 0 Å². The molecule has 246 valence electrons. The van der Waals surface area contributed by atoms with Crippen molar-refractivity contribution in [1.82, 2.24) is 9.13 Å². The van der Waals surface area contributed by atoms with Crippen molar-refractivity contribution >= 4 is 66.7 Å². The van der Waals surface area contributed by atoms with Gasteiger partial charge in [0, 0.05) is 32.9 Å². The molecule has 7 aromatic carbocycles. The van der Waals surface area contributed by atoms with E-state index in [4.69, 9.17) is 0 Å². The summed E-state index contributed by atoms with van der Waals surface area (Å²) in [6, 6.07) is 52.0. The van der Waals surface area contributed by atoms with Crippen molar-refractivity contribution in [2.24, 2.45) is 0 Å². The van der Waals surface area contributed by atoms with Crippen LogP contribution in [0.3, 0.4) is 0 Å². The van der Waals surface area contributed by atoms with Crippen molar-refractivity contribution < 1.29 is 0 Å². The van der Waals surface area contributed by atoms with Crippen molar-refractivity contribution in [3.63, 3.8) is 0 Å². The van der Waals surface area contributed by atoms with E-state index in [1.54, 1.807) is 0 Å². The molecule has 0 bridgehead atoms. The molecule has 0 saturated heterocycles. The third-order valence-corrected chi connectivity index (χ3v) is 11.0.